The number of halogens is 5. The smallest absolute Gasteiger partial charge is 0.322 e. The third-order valence-electron chi connectivity index (χ3n) is 3.59. The van der Waals surface area contributed by atoms with Gasteiger partial charge in [0.05, 0.1) is 16.3 Å². The Labute approximate surface area is 155 Å². The molecule has 1 aliphatic heterocycles. The van der Waals surface area contributed by atoms with E-state index in [-0.39, 0.29) is 0 Å². The Hall–Kier alpha value is -2.06. The van der Waals surface area contributed by atoms with Gasteiger partial charge in [-0.1, -0.05) is 29.8 Å². The predicted molar refractivity (Wildman–Crippen MR) is 94.3 cm³/mol. The first-order valence-corrected chi connectivity index (χ1v) is 8.75. The molecule has 0 saturated heterocycles. The summed E-state index contributed by atoms with van der Waals surface area (Å²) in [7, 11) is 0. The lowest BCUT2D eigenvalue weighted by Crippen LogP contribution is -2.27. The minimum absolute atomic E-state index is 0.300. The number of hydrogen-bond donors (Lipinski definition) is 1. The highest BCUT2D eigenvalue weighted by atomic mass is 35.5. The Kier molecular flexibility index (Phi) is 5.24. The van der Waals surface area contributed by atoms with Crippen molar-refractivity contribution in [3.63, 3.8) is 0 Å². The number of alkyl halides is 3. The number of thioether (sulfide) groups is 1. The molecule has 3 rings (SSSR count). The SMILES string of the molecule is O=C(Nc1cccc(C(F)(F)F)c1F)C1CSC(c2cccc(Cl)c2)=N1. The van der Waals surface area contributed by atoms with Gasteiger partial charge in [-0.3, -0.25) is 9.79 Å². The second-order valence-electron chi connectivity index (χ2n) is 5.43. The quantitative estimate of drug-likeness (QED) is 0.734. The van der Waals surface area contributed by atoms with E-state index in [2.05, 4.69) is 10.3 Å². The van der Waals surface area contributed by atoms with Crippen molar-refractivity contribution in [2.75, 3.05) is 11.1 Å². The minimum atomic E-state index is -4.84. The van der Waals surface area contributed by atoms with Gasteiger partial charge in [-0.05, 0) is 24.3 Å². The van der Waals surface area contributed by atoms with Crippen molar-refractivity contribution in [1.82, 2.24) is 0 Å². The lowest BCUT2D eigenvalue weighted by molar-refractivity contribution is -0.140. The van der Waals surface area contributed by atoms with Crippen LogP contribution in [0.4, 0.5) is 23.2 Å². The zero-order valence-electron chi connectivity index (χ0n) is 13.0. The van der Waals surface area contributed by atoms with E-state index in [0.717, 1.165) is 17.7 Å². The summed E-state index contributed by atoms with van der Waals surface area (Å²) in [5, 5.41) is 3.30. The zero-order valence-corrected chi connectivity index (χ0v) is 14.6. The van der Waals surface area contributed by atoms with Crippen LogP contribution in [0.25, 0.3) is 0 Å². The van der Waals surface area contributed by atoms with Gasteiger partial charge in [-0.2, -0.15) is 13.2 Å². The largest absolute Gasteiger partial charge is 0.419 e. The molecule has 1 heterocycles. The summed E-state index contributed by atoms with van der Waals surface area (Å²) >= 11 is 7.24. The maximum absolute atomic E-state index is 14.0. The van der Waals surface area contributed by atoms with Crippen LogP contribution < -0.4 is 5.32 Å². The Balaban J connectivity index is 1.78. The van der Waals surface area contributed by atoms with Gasteiger partial charge in [0.15, 0.2) is 5.82 Å². The van der Waals surface area contributed by atoms with Crippen molar-refractivity contribution in [2.24, 2.45) is 4.99 Å². The molecule has 0 saturated carbocycles. The van der Waals surface area contributed by atoms with Crippen molar-refractivity contribution in [1.29, 1.82) is 0 Å². The van der Waals surface area contributed by atoms with Crippen LogP contribution in [-0.4, -0.2) is 22.7 Å². The van der Waals surface area contributed by atoms with Crippen LogP contribution in [0.2, 0.25) is 5.02 Å². The number of carbonyl (C=O) groups excluding carboxylic acids is 1. The van der Waals surface area contributed by atoms with Gasteiger partial charge in [-0.25, -0.2) is 4.39 Å². The highest BCUT2D eigenvalue weighted by Crippen LogP contribution is 2.34. The topological polar surface area (TPSA) is 41.5 Å². The van der Waals surface area contributed by atoms with E-state index < -0.39 is 35.2 Å². The fourth-order valence-electron chi connectivity index (χ4n) is 2.35. The third-order valence-corrected chi connectivity index (χ3v) is 4.92. The fourth-order valence-corrected chi connectivity index (χ4v) is 3.58. The summed E-state index contributed by atoms with van der Waals surface area (Å²) in [6, 6.07) is 8.81. The van der Waals surface area contributed by atoms with Gasteiger partial charge in [-0.15, -0.1) is 11.8 Å². The Morgan fingerprint density at radius 3 is 2.65 bits per heavy atom. The number of rotatable bonds is 3. The van der Waals surface area contributed by atoms with E-state index >= 15 is 0 Å². The van der Waals surface area contributed by atoms with Crippen molar-refractivity contribution >= 4 is 40.0 Å². The number of carbonyl (C=O) groups is 1. The van der Waals surface area contributed by atoms with Gasteiger partial charge in [0.1, 0.15) is 6.04 Å². The molecule has 0 aromatic heterocycles. The molecule has 0 aliphatic carbocycles. The highest BCUT2D eigenvalue weighted by molar-refractivity contribution is 8.14. The molecule has 2 aromatic carbocycles. The van der Waals surface area contributed by atoms with Crippen LogP contribution in [0.1, 0.15) is 11.1 Å². The first kappa shape index (κ1) is 18.7. The maximum atomic E-state index is 14.0. The average molecular weight is 403 g/mol. The number of nitrogens with one attached hydrogen (secondary N) is 1. The normalized spacial score (nSPS) is 17.1. The van der Waals surface area contributed by atoms with E-state index in [4.69, 9.17) is 11.6 Å². The second kappa shape index (κ2) is 7.28. The number of hydrogen-bond acceptors (Lipinski definition) is 3. The molecule has 136 valence electrons. The van der Waals surface area contributed by atoms with Crippen LogP contribution in [0.3, 0.4) is 0 Å². The van der Waals surface area contributed by atoms with Crippen LogP contribution in [0.5, 0.6) is 0 Å². The average Bonchev–Trinajstić information content (AvgIpc) is 3.06. The Morgan fingerprint density at radius 1 is 1.23 bits per heavy atom. The summed E-state index contributed by atoms with van der Waals surface area (Å²) in [6.45, 7) is 0. The summed E-state index contributed by atoms with van der Waals surface area (Å²) in [6.07, 6.45) is -4.84. The molecule has 2 aromatic rings. The predicted octanol–water partition coefficient (Wildman–Crippen LogP) is 5.00. The molecule has 3 nitrogen and oxygen atoms in total. The molecule has 0 bridgehead atoms. The van der Waals surface area contributed by atoms with Gasteiger partial charge in [0.25, 0.3) is 0 Å². The van der Waals surface area contributed by atoms with Gasteiger partial charge in [0, 0.05) is 16.3 Å². The standard InChI is InChI=1S/C17H11ClF4N2OS/c18-10-4-1-3-9(7-10)16-24-13(8-26-16)15(25)23-12-6-2-5-11(14(12)19)17(20,21)22/h1-7,13H,8H2,(H,23,25). The first-order chi connectivity index (χ1) is 12.3. The molecule has 0 fully saturated rings. The molecule has 1 aliphatic rings. The number of nitrogens with zero attached hydrogens (tertiary/aromatic N) is 1. The van der Waals surface area contributed by atoms with Crippen molar-refractivity contribution < 1.29 is 22.4 Å². The van der Waals surface area contributed by atoms with E-state index in [0.29, 0.717) is 21.9 Å². The third kappa shape index (κ3) is 4.02. The van der Waals surface area contributed by atoms with Crippen LogP contribution in [0, 0.1) is 5.82 Å². The van der Waals surface area contributed by atoms with E-state index in [9.17, 15) is 22.4 Å². The molecule has 9 heteroatoms. The summed E-state index contributed by atoms with van der Waals surface area (Å²) in [5.41, 5.74) is -1.22. The first-order valence-electron chi connectivity index (χ1n) is 7.39. The lowest BCUT2D eigenvalue weighted by Gasteiger charge is -2.13. The summed E-state index contributed by atoms with van der Waals surface area (Å²) in [5.74, 6) is -1.89. The van der Waals surface area contributed by atoms with Gasteiger partial charge in [0.2, 0.25) is 5.91 Å². The van der Waals surface area contributed by atoms with E-state index in [1.807, 2.05) is 0 Å². The van der Waals surface area contributed by atoms with Crippen molar-refractivity contribution in [3.8, 4) is 0 Å². The van der Waals surface area contributed by atoms with E-state index in [1.54, 1.807) is 24.3 Å². The number of anilines is 1. The Bertz CT molecular complexity index is 885. The second-order valence-corrected chi connectivity index (χ2v) is 6.87. The molecule has 1 N–H and O–H groups in total. The number of aliphatic imine (C=N–C) groups is 1. The molecule has 0 spiro atoms. The van der Waals surface area contributed by atoms with Crippen LogP contribution in [-0.2, 0) is 11.0 Å². The van der Waals surface area contributed by atoms with Crippen molar-refractivity contribution in [2.45, 2.75) is 12.2 Å². The minimum Gasteiger partial charge on any atom is -0.322 e. The molecule has 26 heavy (non-hydrogen) atoms. The molecule has 0 radical (unpaired) electrons. The van der Waals surface area contributed by atoms with E-state index in [1.165, 1.54) is 11.8 Å². The fraction of sp³-hybridized carbons (Fsp3) is 0.176. The van der Waals surface area contributed by atoms with Crippen LogP contribution >= 0.6 is 23.4 Å². The molecular formula is C17H11ClF4N2OS. The number of benzene rings is 2. The zero-order chi connectivity index (χ0) is 18.9. The van der Waals surface area contributed by atoms with Crippen LogP contribution in [0.15, 0.2) is 47.5 Å². The maximum Gasteiger partial charge on any atom is 0.419 e. The monoisotopic (exact) mass is 402 g/mol. The molecule has 1 amide bonds. The van der Waals surface area contributed by atoms with Gasteiger partial charge < -0.3 is 5.32 Å². The molecular weight excluding hydrogens is 392 g/mol. The molecule has 1 unspecified atom stereocenters. The van der Waals surface area contributed by atoms with Gasteiger partial charge >= 0.3 is 6.18 Å². The molecule has 1 atom stereocenters. The number of amides is 1. The summed E-state index contributed by atoms with van der Waals surface area (Å²) < 4.78 is 52.3. The lowest BCUT2D eigenvalue weighted by atomic mass is 10.1. The Morgan fingerprint density at radius 2 is 1.96 bits per heavy atom. The highest BCUT2D eigenvalue weighted by Gasteiger charge is 2.35. The van der Waals surface area contributed by atoms with Crippen molar-refractivity contribution in [3.05, 3.63) is 64.4 Å². The summed E-state index contributed by atoms with van der Waals surface area (Å²) in [4.78, 5) is 16.5.